The zero-order valence-corrected chi connectivity index (χ0v) is 13.2. The predicted molar refractivity (Wildman–Crippen MR) is 89.7 cm³/mol. The highest BCUT2D eigenvalue weighted by Gasteiger charge is 2.16. The minimum Gasteiger partial charge on any atom is -0.361 e. The highest BCUT2D eigenvalue weighted by atomic mass is 16.5. The number of nitrogens with one attached hydrogen (secondary N) is 1. The van der Waals surface area contributed by atoms with Crippen LogP contribution in [0.5, 0.6) is 0 Å². The van der Waals surface area contributed by atoms with Crippen molar-refractivity contribution >= 4 is 17.3 Å². The van der Waals surface area contributed by atoms with Gasteiger partial charge in [-0.05, 0) is 32.0 Å². The fraction of sp³-hybridized carbons (Fsp3) is 0.111. The summed E-state index contributed by atoms with van der Waals surface area (Å²) in [5.41, 5.74) is 5.43. The van der Waals surface area contributed by atoms with Crippen LogP contribution in [0, 0.1) is 13.8 Å². The summed E-state index contributed by atoms with van der Waals surface area (Å²) in [7, 11) is 0. The zero-order valence-electron chi connectivity index (χ0n) is 13.2. The molecular weight excluding hydrogens is 304 g/mol. The molecule has 0 saturated heterocycles. The molecule has 0 aliphatic carbocycles. The normalized spacial score (nSPS) is 11.1. The Balaban J connectivity index is 1.96. The van der Waals surface area contributed by atoms with E-state index >= 15 is 0 Å². The number of rotatable bonds is 3. The van der Waals surface area contributed by atoms with Crippen LogP contribution in [-0.4, -0.2) is 26.4 Å². The van der Waals surface area contributed by atoms with Crippen molar-refractivity contribution in [2.24, 2.45) is 0 Å². The van der Waals surface area contributed by atoms with E-state index in [0.717, 1.165) is 45.5 Å². The van der Waals surface area contributed by atoms with Crippen molar-refractivity contribution in [1.82, 2.24) is 20.1 Å². The third kappa shape index (κ3) is 2.11. The van der Waals surface area contributed by atoms with E-state index in [1.807, 2.05) is 26.1 Å². The van der Waals surface area contributed by atoms with E-state index in [2.05, 4.69) is 20.1 Å². The first-order chi connectivity index (χ1) is 11.7. The van der Waals surface area contributed by atoms with Gasteiger partial charge in [0.25, 0.3) is 0 Å². The lowest BCUT2D eigenvalue weighted by molar-refractivity contribution is 0.112. The molecule has 4 aromatic heterocycles. The van der Waals surface area contributed by atoms with Crippen molar-refractivity contribution in [3.05, 3.63) is 53.8 Å². The highest BCUT2D eigenvalue weighted by Crippen LogP contribution is 2.33. The summed E-state index contributed by atoms with van der Waals surface area (Å²) in [6, 6.07) is 5.51. The number of nitrogens with zero attached hydrogens (tertiary/aromatic N) is 3. The van der Waals surface area contributed by atoms with E-state index < -0.39 is 0 Å². The largest absolute Gasteiger partial charge is 0.361 e. The summed E-state index contributed by atoms with van der Waals surface area (Å²) in [6.45, 7) is 3.78. The number of aldehydes is 1. The Kier molecular flexibility index (Phi) is 3.23. The second-order valence-electron chi connectivity index (χ2n) is 5.58. The molecule has 0 unspecified atom stereocenters. The number of aromatic amines is 1. The molecule has 0 fully saturated rings. The molecule has 4 aromatic rings. The lowest BCUT2D eigenvalue weighted by atomic mass is 10.0. The topological polar surface area (TPSA) is 84.7 Å². The van der Waals surface area contributed by atoms with Gasteiger partial charge in [0.05, 0.1) is 11.4 Å². The summed E-state index contributed by atoms with van der Waals surface area (Å²) in [4.78, 5) is 23.3. The van der Waals surface area contributed by atoms with Crippen LogP contribution in [0.2, 0.25) is 0 Å². The van der Waals surface area contributed by atoms with Gasteiger partial charge in [-0.15, -0.1) is 0 Å². The molecule has 0 aromatic carbocycles. The standard InChI is InChI=1S/C18H14N4O2/c1-10-16(11(2)24-22-10)13-6-14-15(8-21-18(14)20-7-13)17-12(9-23)4-3-5-19-17/h3-9H,1-2H3,(H,20,21). The second-order valence-corrected chi connectivity index (χ2v) is 5.58. The van der Waals surface area contributed by atoms with Crippen molar-refractivity contribution in [2.75, 3.05) is 0 Å². The summed E-state index contributed by atoms with van der Waals surface area (Å²) in [5.74, 6) is 0.747. The van der Waals surface area contributed by atoms with Gasteiger partial charge in [0.15, 0.2) is 6.29 Å². The Morgan fingerprint density at radius 3 is 2.88 bits per heavy atom. The van der Waals surface area contributed by atoms with E-state index in [4.69, 9.17) is 4.52 Å². The van der Waals surface area contributed by atoms with Crippen molar-refractivity contribution in [2.45, 2.75) is 13.8 Å². The van der Waals surface area contributed by atoms with E-state index in [9.17, 15) is 4.79 Å². The Hall–Kier alpha value is -3.28. The summed E-state index contributed by atoms with van der Waals surface area (Å²) in [5, 5.41) is 4.90. The van der Waals surface area contributed by atoms with Crippen molar-refractivity contribution in [1.29, 1.82) is 0 Å². The Labute approximate surface area is 137 Å². The Bertz CT molecular complexity index is 1040. The summed E-state index contributed by atoms with van der Waals surface area (Å²) >= 11 is 0. The first kappa shape index (κ1) is 14.3. The number of H-pyrrole nitrogens is 1. The molecule has 118 valence electrons. The molecule has 0 aliphatic rings. The molecule has 0 aliphatic heterocycles. The van der Waals surface area contributed by atoms with Gasteiger partial charge in [-0.1, -0.05) is 5.16 Å². The molecule has 4 heterocycles. The Morgan fingerprint density at radius 1 is 1.25 bits per heavy atom. The fourth-order valence-corrected chi connectivity index (χ4v) is 2.97. The van der Waals surface area contributed by atoms with Crippen LogP contribution in [0.1, 0.15) is 21.8 Å². The van der Waals surface area contributed by atoms with Crippen LogP contribution in [0.4, 0.5) is 0 Å². The molecule has 0 radical (unpaired) electrons. The van der Waals surface area contributed by atoms with Gasteiger partial charge in [-0.3, -0.25) is 9.78 Å². The van der Waals surface area contributed by atoms with Crippen LogP contribution < -0.4 is 0 Å². The van der Waals surface area contributed by atoms with E-state index in [-0.39, 0.29) is 0 Å². The van der Waals surface area contributed by atoms with E-state index in [0.29, 0.717) is 11.3 Å². The molecule has 4 rings (SSSR count). The van der Waals surface area contributed by atoms with Gasteiger partial charge >= 0.3 is 0 Å². The summed E-state index contributed by atoms with van der Waals surface area (Å²) in [6.07, 6.45) is 6.10. The van der Waals surface area contributed by atoms with Crippen molar-refractivity contribution in [3.63, 3.8) is 0 Å². The lowest BCUT2D eigenvalue weighted by Gasteiger charge is -2.04. The molecule has 0 bridgehead atoms. The predicted octanol–water partition coefficient (Wildman–Crippen LogP) is 3.71. The van der Waals surface area contributed by atoms with Gasteiger partial charge < -0.3 is 9.51 Å². The number of carbonyl (C=O) groups is 1. The molecule has 6 nitrogen and oxygen atoms in total. The smallest absolute Gasteiger partial charge is 0.152 e. The van der Waals surface area contributed by atoms with Crippen molar-refractivity contribution < 1.29 is 9.32 Å². The van der Waals surface area contributed by atoms with Gasteiger partial charge in [0, 0.05) is 46.2 Å². The van der Waals surface area contributed by atoms with Crippen LogP contribution in [0.15, 0.2) is 41.3 Å². The van der Waals surface area contributed by atoms with Crippen LogP contribution in [0.25, 0.3) is 33.4 Å². The first-order valence-corrected chi connectivity index (χ1v) is 7.50. The minimum absolute atomic E-state index is 0.543. The number of aryl methyl sites for hydroxylation is 2. The van der Waals surface area contributed by atoms with Gasteiger partial charge in [0.1, 0.15) is 11.4 Å². The third-order valence-electron chi connectivity index (χ3n) is 4.07. The van der Waals surface area contributed by atoms with Crippen LogP contribution in [0.3, 0.4) is 0 Å². The number of pyridine rings is 2. The SMILES string of the molecule is Cc1noc(C)c1-c1cnc2[nH]cc(-c3ncccc3C=O)c2c1. The molecule has 24 heavy (non-hydrogen) atoms. The maximum absolute atomic E-state index is 11.3. The minimum atomic E-state index is 0.543. The van der Waals surface area contributed by atoms with Crippen LogP contribution >= 0.6 is 0 Å². The number of carbonyl (C=O) groups excluding carboxylic acids is 1. The summed E-state index contributed by atoms with van der Waals surface area (Å²) < 4.78 is 5.25. The van der Waals surface area contributed by atoms with Crippen LogP contribution in [-0.2, 0) is 0 Å². The fourth-order valence-electron chi connectivity index (χ4n) is 2.97. The van der Waals surface area contributed by atoms with Gasteiger partial charge in [0.2, 0.25) is 0 Å². The maximum Gasteiger partial charge on any atom is 0.152 e. The monoisotopic (exact) mass is 318 g/mol. The number of hydrogen-bond donors (Lipinski definition) is 1. The lowest BCUT2D eigenvalue weighted by Crippen LogP contribution is -1.90. The molecule has 0 spiro atoms. The number of hydrogen-bond acceptors (Lipinski definition) is 5. The molecule has 0 atom stereocenters. The van der Waals surface area contributed by atoms with E-state index in [1.165, 1.54) is 0 Å². The number of aromatic nitrogens is 4. The first-order valence-electron chi connectivity index (χ1n) is 7.50. The molecule has 0 saturated carbocycles. The quantitative estimate of drug-likeness (QED) is 0.582. The molecular formula is C18H14N4O2. The third-order valence-corrected chi connectivity index (χ3v) is 4.07. The van der Waals surface area contributed by atoms with Gasteiger partial charge in [-0.25, -0.2) is 4.98 Å². The second kappa shape index (κ2) is 5.42. The maximum atomic E-state index is 11.3. The Morgan fingerprint density at radius 2 is 2.12 bits per heavy atom. The molecule has 1 N–H and O–H groups in total. The molecule has 0 amide bonds. The molecule has 6 heteroatoms. The number of fused-ring (bicyclic) bond motifs is 1. The zero-order chi connectivity index (χ0) is 16.7. The average molecular weight is 318 g/mol. The highest BCUT2D eigenvalue weighted by molar-refractivity contribution is 5.99. The van der Waals surface area contributed by atoms with Gasteiger partial charge in [-0.2, -0.15) is 0 Å². The van der Waals surface area contributed by atoms with E-state index in [1.54, 1.807) is 24.5 Å². The van der Waals surface area contributed by atoms with Crippen molar-refractivity contribution in [3.8, 4) is 22.4 Å². The average Bonchev–Trinajstić information content (AvgIpc) is 3.17.